The number of rotatable bonds is 10. The Labute approximate surface area is 232 Å². The highest BCUT2D eigenvalue weighted by atomic mass is 16.5. The van der Waals surface area contributed by atoms with Gasteiger partial charge in [0, 0.05) is 30.5 Å². The Morgan fingerprint density at radius 1 is 0.925 bits per heavy atom. The van der Waals surface area contributed by atoms with E-state index in [9.17, 15) is 14.4 Å². The summed E-state index contributed by atoms with van der Waals surface area (Å²) in [7, 11) is 0. The van der Waals surface area contributed by atoms with Crippen LogP contribution < -0.4 is 15.5 Å². The first-order valence-electron chi connectivity index (χ1n) is 12.9. The smallest absolute Gasteiger partial charge is 0.252 e. The molecular formula is C31H32N4O5. The van der Waals surface area contributed by atoms with Crippen LogP contribution in [-0.2, 0) is 20.8 Å². The molecule has 0 aliphatic rings. The summed E-state index contributed by atoms with van der Waals surface area (Å²) < 4.78 is 10.8. The highest BCUT2D eigenvalue weighted by molar-refractivity contribution is 6.10. The number of benzene rings is 2. The Hall–Kier alpha value is -4.92. The zero-order chi connectivity index (χ0) is 28.6. The van der Waals surface area contributed by atoms with Crippen molar-refractivity contribution in [3.63, 3.8) is 0 Å². The third-order valence-electron chi connectivity index (χ3n) is 6.20. The zero-order valence-electron chi connectivity index (χ0n) is 22.9. The summed E-state index contributed by atoms with van der Waals surface area (Å²) in [6.07, 6.45) is 2.85. The molecule has 1 atom stereocenters. The molecule has 0 saturated carbocycles. The molecule has 206 valence electrons. The molecule has 2 aromatic carbocycles. The van der Waals surface area contributed by atoms with Gasteiger partial charge in [0.2, 0.25) is 5.91 Å². The maximum atomic E-state index is 13.8. The van der Waals surface area contributed by atoms with Gasteiger partial charge in [0.1, 0.15) is 17.3 Å². The van der Waals surface area contributed by atoms with E-state index in [0.29, 0.717) is 35.9 Å². The number of aromatic nitrogens is 1. The molecule has 0 saturated heterocycles. The van der Waals surface area contributed by atoms with Crippen LogP contribution in [0.4, 0.5) is 11.5 Å². The van der Waals surface area contributed by atoms with Gasteiger partial charge in [-0.3, -0.25) is 19.3 Å². The highest BCUT2D eigenvalue weighted by Crippen LogP contribution is 2.32. The van der Waals surface area contributed by atoms with Crippen molar-refractivity contribution in [2.24, 2.45) is 0 Å². The standard InChI is InChI=1S/C31H32N4O5/c1-20-10-12-25(21(2)18-20)35(29(37)15-14-28(36)33-27-19-23(4)40-34-27)30(26-13-11-22(3)39-26)31(38)32-17-16-24-8-6-5-7-9-24/h5-15,18-19,30H,16-17H2,1-4H3,(H,32,38)(H,33,34,36). The van der Waals surface area contributed by atoms with Gasteiger partial charge in [0.15, 0.2) is 11.9 Å². The molecule has 0 aliphatic carbocycles. The number of carbonyl (C=O) groups is 3. The van der Waals surface area contributed by atoms with Gasteiger partial charge in [-0.15, -0.1) is 0 Å². The Bertz CT molecular complexity index is 1520. The van der Waals surface area contributed by atoms with Crippen LogP contribution in [0.3, 0.4) is 0 Å². The monoisotopic (exact) mass is 540 g/mol. The van der Waals surface area contributed by atoms with Gasteiger partial charge in [0.05, 0.1) is 0 Å². The number of anilines is 2. The van der Waals surface area contributed by atoms with Crippen molar-refractivity contribution in [3.05, 3.63) is 113 Å². The van der Waals surface area contributed by atoms with Crippen molar-refractivity contribution in [2.45, 2.75) is 40.2 Å². The molecule has 4 aromatic rings. The third kappa shape index (κ3) is 7.13. The average molecular weight is 541 g/mol. The second kappa shape index (κ2) is 12.8. The quantitative estimate of drug-likeness (QED) is 0.269. The van der Waals surface area contributed by atoms with Gasteiger partial charge < -0.3 is 19.6 Å². The van der Waals surface area contributed by atoms with Gasteiger partial charge >= 0.3 is 0 Å². The number of amides is 3. The van der Waals surface area contributed by atoms with Crippen LogP contribution in [-0.4, -0.2) is 29.4 Å². The van der Waals surface area contributed by atoms with Crippen molar-refractivity contribution in [1.82, 2.24) is 10.5 Å². The second-order valence-electron chi connectivity index (χ2n) is 9.52. The molecule has 0 fully saturated rings. The number of aryl methyl sites for hydroxylation is 4. The molecule has 2 heterocycles. The largest absolute Gasteiger partial charge is 0.464 e. The summed E-state index contributed by atoms with van der Waals surface area (Å²) in [6.45, 7) is 7.65. The number of furan rings is 1. The Morgan fingerprint density at radius 2 is 1.70 bits per heavy atom. The fraction of sp³-hybridized carbons (Fsp3) is 0.226. The molecular weight excluding hydrogens is 508 g/mol. The predicted octanol–water partition coefficient (Wildman–Crippen LogP) is 5.13. The van der Waals surface area contributed by atoms with E-state index in [0.717, 1.165) is 28.8 Å². The lowest BCUT2D eigenvalue weighted by Crippen LogP contribution is -2.44. The molecule has 0 bridgehead atoms. The van der Waals surface area contributed by atoms with E-state index in [1.54, 1.807) is 38.1 Å². The number of hydrogen-bond acceptors (Lipinski definition) is 6. The molecule has 0 spiro atoms. The summed E-state index contributed by atoms with van der Waals surface area (Å²) >= 11 is 0. The SMILES string of the molecule is Cc1ccc(N(C(=O)C=CC(=O)Nc2cc(C)on2)C(C(=O)NCCc2ccccc2)c2ccc(C)o2)c(C)c1. The van der Waals surface area contributed by atoms with Crippen molar-refractivity contribution >= 4 is 29.2 Å². The van der Waals surface area contributed by atoms with E-state index < -0.39 is 23.8 Å². The highest BCUT2D eigenvalue weighted by Gasteiger charge is 2.35. The average Bonchev–Trinajstić information content (AvgIpc) is 3.54. The van der Waals surface area contributed by atoms with Crippen molar-refractivity contribution in [1.29, 1.82) is 0 Å². The second-order valence-corrected chi connectivity index (χ2v) is 9.52. The Kier molecular flexibility index (Phi) is 8.96. The van der Waals surface area contributed by atoms with E-state index in [1.165, 1.54) is 4.90 Å². The lowest BCUT2D eigenvalue weighted by atomic mass is 10.1. The summed E-state index contributed by atoms with van der Waals surface area (Å²) in [4.78, 5) is 41.4. The van der Waals surface area contributed by atoms with Crippen molar-refractivity contribution < 1.29 is 23.3 Å². The fourth-order valence-electron chi connectivity index (χ4n) is 4.33. The van der Waals surface area contributed by atoms with Crippen LogP contribution in [0.1, 0.15) is 40.0 Å². The summed E-state index contributed by atoms with van der Waals surface area (Å²) in [5, 5.41) is 9.23. The maximum Gasteiger partial charge on any atom is 0.252 e. The van der Waals surface area contributed by atoms with Crippen molar-refractivity contribution in [3.8, 4) is 0 Å². The van der Waals surface area contributed by atoms with E-state index in [1.807, 2.05) is 56.3 Å². The van der Waals surface area contributed by atoms with Crippen LogP contribution in [0.5, 0.6) is 0 Å². The lowest BCUT2D eigenvalue weighted by Gasteiger charge is -2.30. The summed E-state index contributed by atoms with van der Waals surface area (Å²) in [5.74, 6) is 0.117. The van der Waals surface area contributed by atoms with Gasteiger partial charge in [-0.2, -0.15) is 0 Å². The van der Waals surface area contributed by atoms with Gasteiger partial charge in [-0.1, -0.05) is 53.2 Å². The minimum atomic E-state index is -1.12. The van der Waals surface area contributed by atoms with Crippen LogP contribution in [0, 0.1) is 27.7 Å². The van der Waals surface area contributed by atoms with E-state index in [2.05, 4.69) is 15.8 Å². The molecule has 9 nitrogen and oxygen atoms in total. The molecule has 9 heteroatoms. The van der Waals surface area contributed by atoms with Crippen LogP contribution in [0.25, 0.3) is 0 Å². The normalized spacial score (nSPS) is 11.8. The summed E-state index contributed by atoms with van der Waals surface area (Å²) in [6, 6.07) is 19.2. The minimum Gasteiger partial charge on any atom is -0.464 e. The van der Waals surface area contributed by atoms with Crippen LogP contribution in [0.15, 0.2) is 87.8 Å². The van der Waals surface area contributed by atoms with E-state index >= 15 is 0 Å². The van der Waals surface area contributed by atoms with Gasteiger partial charge in [0.25, 0.3) is 11.8 Å². The number of nitrogens with zero attached hydrogens (tertiary/aromatic N) is 2. The fourth-order valence-corrected chi connectivity index (χ4v) is 4.33. The first-order valence-corrected chi connectivity index (χ1v) is 12.9. The van der Waals surface area contributed by atoms with Gasteiger partial charge in [-0.25, -0.2) is 0 Å². The predicted molar refractivity (Wildman–Crippen MR) is 152 cm³/mol. The Morgan fingerprint density at radius 3 is 2.35 bits per heavy atom. The molecule has 2 aromatic heterocycles. The molecule has 3 amide bonds. The zero-order valence-corrected chi connectivity index (χ0v) is 22.9. The Balaban J connectivity index is 1.65. The number of nitrogens with one attached hydrogen (secondary N) is 2. The van der Waals surface area contributed by atoms with Crippen molar-refractivity contribution in [2.75, 3.05) is 16.8 Å². The molecule has 2 N–H and O–H groups in total. The first-order chi connectivity index (χ1) is 19.2. The lowest BCUT2D eigenvalue weighted by molar-refractivity contribution is -0.125. The third-order valence-corrected chi connectivity index (χ3v) is 6.20. The van der Waals surface area contributed by atoms with E-state index in [-0.39, 0.29) is 5.82 Å². The number of hydrogen-bond donors (Lipinski definition) is 2. The van der Waals surface area contributed by atoms with Crippen LogP contribution >= 0.6 is 0 Å². The molecule has 0 radical (unpaired) electrons. The van der Waals surface area contributed by atoms with E-state index in [4.69, 9.17) is 8.94 Å². The minimum absolute atomic E-state index is 0.229. The number of carbonyl (C=O) groups excluding carboxylic acids is 3. The summed E-state index contributed by atoms with van der Waals surface area (Å²) in [5.41, 5.74) is 3.38. The topological polar surface area (TPSA) is 118 Å². The maximum absolute atomic E-state index is 13.8. The van der Waals surface area contributed by atoms with Crippen LogP contribution in [0.2, 0.25) is 0 Å². The molecule has 40 heavy (non-hydrogen) atoms. The molecule has 1 unspecified atom stereocenters. The molecule has 4 rings (SSSR count). The van der Waals surface area contributed by atoms with Gasteiger partial charge in [-0.05, 0) is 63.4 Å². The first kappa shape index (κ1) is 28.1. The molecule has 0 aliphatic heterocycles.